The molecule has 1 N–H and O–H groups in total. The van der Waals surface area contributed by atoms with Gasteiger partial charge in [0, 0.05) is 31.0 Å². The van der Waals surface area contributed by atoms with Crippen LogP contribution in [0, 0.1) is 6.92 Å². The zero-order valence-corrected chi connectivity index (χ0v) is 11.2. The van der Waals surface area contributed by atoms with Crippen LogP contribution in [0.15, 0.2) is 47.5 Å². The summed E-state index contributed by atoms with van der Waals surface area (Å²) in [6.07, 6.45) is 5.43. The van der Waals surface area contributed by atoms with Crippen LogP contribution in [0.25, 0.3) is 11.4 Å². The smallest absolute Gasteiger partial charge is 0.321 e. The van der Waals surface area contributed by atoms with Crippen molar-refractivity contribution in [1.29, 1.82) is 0 Å². The summed E-state index contributed by atoms with van der Waals surface area (Å²) in [6.45, 7) is 3.54. The largest absolute Gasteiger partial charge is 0.336 e. The predicted octanol–water partition coefficient (Wildman–Crippen LogP) is 2.35. The van der Waals surface area contributed by atoms with Gasteiger partial charge in [0.15, 0.2) is 0 Å². The first kappa shape index (κ1) is 12.4. The Morgan fingerprint density at radius 1 is 1.25 bits per heavy atom. The molecule has 6 heteroatoms. The van der Waals surface area contributed by atoms with E-state index in [0.717, 1.165) is 12.1 Å². The summed E-state index contributed by atoms with van der Waals surface area (Å²) in [5.74, 6) is 0.593. The molecule has 0 aliphatic heterocycles. The van der Waals surface area contributed by atoms with E-state index in [-0.39, 0.29) is 0 Å². The summed E-state index contributed by atoms with van der Waals surface area (Å²) in [7, 11) is 0. The standard InChI is InChI=1S/C14H15N5O/c1-11-2-4-12(5-3-11)13-17-14(20-18-13)16-7-9-19-8-6-15-10-19/h2-6,8,10H,7,9H2,1H3,(H,16,17,18). The van der Waals surface area contributed by atoms with Crippen molar-refractivity contribution in [1.82, 2.24) is 19.7 Å². The van der Waals surface area contributed by atoms with E-state index >= 15 is 0 Å². The molecular weight excluding hydrogens is 254 g/mol. The molecule has 20 heavy (non-hydrogen) atoms. The van der Waals surface area contributed by atoms with E-state index in [1.807, 2.05) is 42.0 Å². The highest BCUT2D eigenvalue weighted by atomic mass is 16.5. The fourth-order valence-corrected chi connectivity index (χ4v) is 1.83. The van der Waals surface area contributed by atoms with Gasteiger partial charge in [0.25, 0.3) is 0 Å². The van der Waals surface area contributed by atoms with Crippen LogP contribution < -0.4 is 5.32 Å². The number of nitrogens with one attached hydrogen (secondary N) is 1. The van der Waals surface area contributed by atoms with E-state index < -0.39 is 0 Å². The van der Waals surface area contributed by atoms with E-state index in [0.29, 0.717) is 18.4 Å². The Bertz CT molecular complexity index is 657. The van der Waals surface area contributed by atoms with Gasteiger partial charge in [-0.25, -0.2) is 4.98 Å². The van der Waals surface area contributed by atoms with Gasteiger partial charge < -0.3 is 14.4 Å². The van der Waals surface area contributed by atoms with Crippen molar-refractivity contribution in [2.45, 2.75) is 13.5 Å². The molecule has 102 valence electrons. The number of imidazole rings is 1. The second-order valence-corrected chi connectivity index (χ2v) is 4.52. The highest BCUT2D eigenvalue weighted by Gasteiger charge is 2.07. The minimum Gasteiger partial charge on any atom is -0.336 e. The van der Waals surface area contributed by atoms with Gasteiger partial charge in [0.2, 0.25) is 5.82 Å². The second kappa shape index (κ2) is 5.56. The van der Waals surface area contributed by atoms with Gasteiger partial charge >= 0.3 is 6.01 Å². The number of aromatic nitrogens is 4. The predicted molar refractivity (Wildman–Crippen MR) is 75.2 cm³/mol. The molecule has 0 saturated carbocycles. The van der Waals surface area contributed by atoms with Crippen LogP contribution >= 0.6 is 0 Å². The summed E-state index contributed by atoms with van der Waals surface area (Å²) in [4.78, 5) is 8.30. The number of hydrogen-bond donors (Lipinski definition) is 1. The van der Waals surface area contributed by atoms with Gasteiger partial charge in [-0.05, 0) is 6.92 Å². The van der Waals surface area contributed by atoms with Crippen molar-refractivity contribution >= 4 is 6.01 Å². The van der Waals surface area contributed by atoms with Crippen LogP contribution in [0.1, 0.15) is 5.56 Å². The summed E-state index contributed by atoms with van der Waals surface area (Å²) in [6, 6.07) is 8.45. The van der Waals surface area contributed by atoms with Gasteiger partial charge in [0.05, 0.1) is 6.33 Å². The molecule has 0 aliphatic rings. The molecule has 0 radical (unpaired) electrons. The average Bonchev–Trinajstić information content (AvgIpc) is 3.11. The van der Waals surface area contributed by atoms with Crippen molar-refractivity contribution in [3.05, 3.63) is 48.5 Å². The molecule has 1 aromatic carbocycles. The zero-order chi connectivity index (χ0) is 13.8. The molecule has 0 atom stereocenters. The maximum Gasteiger partial charge on any atom is 0.321 e. The van der Waals surface area contributed by atoms with Gasteiger partial charge in [-0.1, -0.05) is 35.0 Å². The lowest BCUT2D eigenvalue weighted by molar-refractivity contribution is 0.431. The lowest BCUT2D eigenvalue weighted by Crippen LogP contribution is -2.09. The van der Waals surface area contributed by atoms with Crippen LogP contribution in [-0.2, 0) is 6.54 Å². The third kappa shape index (κ3) is 2.85. The molecule has 0 bridgehead atoms. The molecule has 3 rings (SSSR count). The quantitative estimate of drug-likeness (QED) is 0.770. The van der Waals surface area contributed by atoms with E-state index in [2.05, 4.69) is 20.4 Å². The van der Waals surface area contributed by atoms with E-state index in [4.69, 9.17) is 4.52 Å². The summed E-state index contributed by atoms with van der Waals surface area (Å²) in [5, 5.41) is 7.06. The maximum absolute atomic E-state index is 5.17. The molecule has 0 aliphatic carbocycles. The SMILES string of the molecule is Cc1ccc(-c2noc(NCCn3ccnc3)n2)cc1. The first-order valence-corrected chi connectivity index (χ1v) is 6.41. The number of rotatable bonds is 5. The Labute approximate surface area is 116 Å². The molecule has 0 unspecified atom stereocenters. The normalized spacial score (nSPS) is 10.7. The number of nitrogens with zero attached hydrogens (tertiary/aromatic N) is 4. The van der Waals surface area contributed by atoms with Crippen molar-refractivity contribution in [2.24, 2.45) is 0 Å². The van der Waals surface area contributed by atoms with Crippen LogP contribution in [0.3, 0.4) is 0 Å². The van der Waals surface area contributed by atoms with Crippen molar-refractivity contribution in [3.63, 3.8) is 0 Å². The lowest BCUT2D eigenvalue weighted by Gasteiger charge is -2.01. The van der Waals surface area contributed by atoms with E-state index in [1.54, 1.807) is 12.5 Å². The van der Waals surface area contributed by atoms with Crippen molar-refractivity contribution < 1.29 is 4.52 Å². The van der Waals surface area contributed by atoms with Gasteiger partial charge in [-0.2, -0.15) is 4.98 Å². The van der Waals surface area contributed by atoms with Crippen LogP contribution in [0.2, 0.25) is 0 Å². The number of hydrogen-bond acceptors (Lipinski definition) is 5. The number of benzene rings is 1. The lowest BCUT2D eigenvalue weighted by atomic mass is 10.1. The first-order valence-electron chi connectivity index (χ1n) is 6.41. The summed E-state index contributed by atoms with van der Waals surface area (Å²) >= 11 is 0. The highest BCUT2D eigenvalue weighted by molar-refractivity contribution is 5.55. The Morgan fingerprint density at radius 3 is 2.85 bits per heavy atom. The fourth-order valence-electron chi connectivity index (χ4n) is 1.83. The molecule has 0 spiro atoms. The van der Waals surface area contributed by atoms with Crippen LogP contribution in [-0.4, -0.2) is 26.2 Å². The van der Waals surface area contributed by atoms with Gasteiger partial charge in [0.1, 0.15) is 0 Å². The Hall–Kier alpha value is -2.63. The van der Waals surface area contributed by atoms with Crippen molar-refractivity contribution in [2.75, 3.05) is 11.9 Å². The molecule has 0 saturated heterocycles. The maximum atomic E-state index is 5.17. The highest BCUT2D eigenvalue weighted by Crippen LogP contribution is 2.17. The van der Waals surface area contributed by atoms with Crippen LogP contribution in [0.4, 0.5) is 6.01 Å². The third-order valence-corrected chi connectivity index (χ3v) is 2.94. The first-order chi connectivity index (χ1) is 9.81. The minimum atomic E-state index is 0.431. The molecule has 0 amide bonds. The second-order valence-electron chi connectivity index (χ2n) is 4.52. The Balaban J connectivity index is 1.60. The summed E-state index contributed by atoms with van der Waals surface area (Å²) < 4.78 is 7.15. The fraction of sp³-hybridized carbons (Fsp3) is 0.214. The molecular formula is C14H15N5O. The van der Waals surface area contributed by atoms with Gasteiger partial charge in [-0.3, -0.25) is 0 Å². The average molecular weight is 269 g/mol. The Morgan fingerprint density at radius 2 is 2.10 bits per heavy atom. The third-order valence-electron chi connectivity index (χ3n) is 2.94. The topological polar surface area (TPSA) is 68.8 Å². The molecule has 2 heterocycles. The van der Waals surface area contributed by atoms with Crippen LogP contribution in [0.5, 0.6) is 0 Å². The zero-order valence-electron chi connectivity index (χ0n) is 11.2. The van der Waals surface area contributed by atoms with Gasteiger partial charge in [-0.15, -0.1) is 0 Å². The van der Waals surface area contributed by atoms with E-state index in [1.165, 1.54) is 5.56 Å². The Kier molecular flexibility index (Phi) is 3.45. The van der Waals surface area contributed by atoms with Crippen molar-refractivity contribution in [3.8, 4) is 11.4 Å². The minimum absolute atomic E-state index is 0.431. The molecule has 2 aromatic heterocycles. The summed E-state index contributed by atoms with van der Waals surface area (Å²) in [5.41, 5.74) is 2.15. The van der Waals surface area contributed by atoms with E-state index in [9.17, 15) is 0 Å². The molecule has 6 nitrogen and oxygen atoms in total. The number of anilines is 1. The molecule has 3 aromatic rings. The number of aryl methyl sites for hydroxylation is 1. The molecule has 0 fully saturated rings. The monoisotopic (exact) mass is 269 g/mol.